The Hall–Kier alpha value is -7.01. The largest absolute Gasteiger partial charge is 0.377 e. The van der Waals surface area contributed by atoms with Crippen LogP contribution in [0.15, 0.2) is 205 Å². The molecule has 0 unspecified atom stereocenters. The minimum absolute atomic E-state index is 0. The van der Waals surface area contributed by atoms with Crippen LogP contribution < -0.4 is 16.0 Å². The number of aromatic nitrogens is 4. The number of hydrogen-bond acceptors (Lipinski definition) is 8. The van der Waals surface area contributed by atoms with Crippen molar-refractivity contribution in [1.82, 2.24) is 19.9 Å². The second kappa shape index (κ2) is 20.2. The van der Waals surface area contributed by atoms with Crippen LogP contribution in [0.1, 0.15) is 22.8 Å². The number of aromatic amines is 2. The van der Waals surface area contributed by atoms with Crippen LogP contribution >= 0.6 is 35.3 Å². The first-order valence-corrected chi connectivity index (χ1v) is 23.7. The first-order valence-electron chi connectivity index (χ1n) is 21.3. The number of nitrogens with one attached hydrogen (secondary N) is 5. The fourth-order valence-corrected chi connectivity index (χ4v) is 10.4. The summed E-state index contributed by atoms with van der Waals surface area (Å²) in [5.41, 5.74) is 14.6. The second-order valence-corrected chi connectivity index (χ2v) is 18.6. The predicted octanol–water partition coefficient (Wildman–Crippen LogP) is 15.7. The van der Waals surface area contributed by atoms with Crippen LogP contribution in [0, 0.1) is 18.2 Å². The van der Waals surface area contributed by atoms with Crippen LogP contribution in [-0.4, -0.2) is 19.9 Å². The van der Waals surface area contributed by atoms with E-state index in [1.807, 2.05) is 97.1 Å². The first kappa shape index (κ1) is 43.9. The van der Waals surface area contributed by atoms with E-state index in [4.69, 9.17) is 0 Å². The molecule has 0 atom stereocenters. The molecule has 0 radical (unpaired) electrons. The maximum Gasteiger partial charge on any atom is 0.0659 e. The summed E-state index contributed by atoms with van der Waals surface area (Å²) in [5, 5.41) is 10.1. The molecule has 11 heteroatoms. The maximum absolute atomic E-state index is 4.62. The summed E-state index contributed by atoms with van der Waals surface area (Å²) in [7, 11) is 0. The van der Waals surface area contributed by atoms with E-state index in [0.29, 0.717) is 0 Å². The monoisotopic (exact) mass is 968 g/mol. The number of para-hydroxylation sites is 6. The Morgan fingerprint density at radius 2 is 0.642 bits per heavy atom. The van der Waals surface area contributed by atoms with Gasteiger partial charge < -0.3 is 25.9 Å². The number of hydrogen-bond donors (Lipinski definition) is 5. The molecule has 5 aliphatic heterocycles. The normalized spacial score (nSPS) is 12.4. The zero-order valence-corrected chi connectivity index (χ0v) is 41.3. The third-order valence-corrected chi connectivity index (χ3v) is 14.0. The minimum atomic E-state index is 0. The summed E-state index contributed by atoms with van der Waals surface area (Å²) >= 11 is 5.37. The molecule has 0 saturated carbocycles. The average Bonchev–Trinajstić information content (AvgIpc) is 4.20. The molecular formula is C56H38N7S3Zn-3. The van der Waals surface area contributed by atoms with E-state index >= 15 is 0 Å². The van der Waals surface area contributed by atoms with E-state index in [9.17, 15) is 0 Å². The van der Waals surface area contributed by atoms with Gasteiger partial charge in [-0.25, -0.2) is 9.97 Å². The number of rotatable bonds is 0. The Labute approximate surface area is 414 Å². The number of benzene rings is 6. The van der Waals surface area contributed by atoms with Crippen molar-refractivity contribution < 1.29 is 19.5 Å². The predicted molar refractivity (Wildman–Crippen MR) is 276 cm³/mol. The SMILES string of the molecule is C1=Cc2cc3ccc(cc4ccc(cc5nc(cc1n2)C=C5)[nH]4)[nH]3.[Zn].[c-]1cccc2c1Nc1ccccc1S2.[c-]1cccc2c1Nc1ccccc1S2.[c-]1cccc2c1Nc1ccccc1S2. The van der Waals surface area contributed by atoms with Crippen molar-refractivity contribution in [3.63, 3.8) is 0 Å². The Bertz CT molecular complexity index is 2920. The summed E-state index contributed by atoms with van der Waals surface area (Å²) in [6.07, 6.45) is 8.05. The molecule has 6 aromatic carbocycles. The van der Waals surface area contributed by atoms with Crippen LogP contribution in [0.5, 0.6) is 0 Å². The van der Waals surface area contributed by atoms with Crippen LogP contribution in [0.3, 0.4) is 0 Å². The molecule has 3 aromatic heterocycles. The second-order valence-electron chi connectivity index (χ2n) is 15.3. The number of fused-ring (bicyclic) bond motifs is 14. The summed E-state index contributed by atoms with van der Waals surface area (Å²) in [4.78, 5) is 23.6. The van der Waals surface area contributed by atoms with E-state index in [-0.39, 0.29) is 19.5 Å². The summed E-state index contributed by atoms with van der Waals surface area (Å²) in [5.74, 6) is 0. The van der Waals surface area contributed by atoms with Gasteiger partial charge in [-0.3, -0.25) is 0 Å². The van der Waals surface area contributed by atoms with E-state index in [1.54, 1.807) is 35.3 Å². The van der Waals surface area contributed by atoms with Gasteiger partial charge in [0, 0.05) is 73.3 Å². The topological polar surface area (TPSA) is 93.5 Å². The summed E-state index contributed by atoms with van der Waals surface area (Å²) in [6.45, 7) is 0. The van der Waals surface area contributed by atoms with Crippen molar-refractivity contribution in [2.24, 2.45) is 0 Å². The quantitative estimate of drug-likeness (QED) is 0.0758. The number of anilines is 6. The Balaban J connectivity index is 0.000000108. The van der Waals surface area contributed by atoms with Crippen LogP contribution in [0.25, 0.3) is 46.4 Å². The maximum atomic E-state index is 4.62. The fourth-order valence-electron chi connectivity index (χ4n) is 7.49. The molecule has 0 spiro atoms. The van der Waals surface area contributed by atoms with Gasteiger partial charge in [-0.15, -0.1) is 0 Å². The van der Waals surface area contributed by atoms with Gasteiger partial charge in [0.25, 0.3) is 0 Å². The molecule has 8 bridgehead atoms. The van der Waals surface area contributed by atoms with Crippen molar-refractivity contribution in [2.45, 2.75) is 29.4 Å². The van der Waals surface area contributed by atoms with E-state index < -0.39 is 0 Å². The molecule has 14 rings (SSSR count). The fraction of sp³-hybridized carbons (Fsp3) is 0. The van der Waals surface area contributed by atoms with Crippen molar-refractivity contribution in [1.29, 1.82) is 0 Å². The smallest absolute Gasteiger partial charge is 0.0659 e. The first-order chi connectivity index (χ1) is 32.6. The van der Waals surface area contributed by atoms with E-state index in [2.05, 4.69) is 157 Å². The van der Waals surface area contributed by atoms with Gasteiger partial charge in [0.05, 0.1) is 22.8 Å². The molecule has 0 fully saturated rings. The Morgan fingerprint density at radius 1 is 0.328 bits per heavy atom. The minimum Gasteiger partial charge on any atom is -0.377 e. The third kappa shape index (κ3) is 10.5. The molecule has 7 nitrogen and oxygen atoms in total. The molecule has 320 valence electrons. The summed E-state index contributed by atoms with van der Waals surface area (Å²) < 4.78 is 0. The zero-order valence-electron chi connectivity index (χ0n) is 35.9. The molecule has 0 saturated heterocycles. The van der Waals surface area contributed by atoms with Crippen molar-refractivity contribution >= 4 is 116 Å². The Kier molecular flexibility index (Phi) is 13.3. The average molecular weight is 971 g/mol. The molecule has 67 heavy (non-hydrogen) atoms. The summed E-state index contributed by atoms with van der Waals surface area (Å²) in [6, 6.07) is 69.1. The van der Waals surface area contributed by atoms with Crippen LogP contribution in [0.4, 0.5) is 34.1 Å². The van der Waals surface area contributed by atoms with Crippen molar-refractivity contribution in [3.8, 4) is 0 Å². The van der Waals surface area contributed by atoms with Gasteiger partial charge in [-0.05, 0) is 109 Å². The number of nitrogens with zero attached hydrogens (tertiary/aromatic N) is 2. The third-order valence-electron chi connectivity index (χ3n) is 10.6. The molecule has 8 heterocycles. The number of H-pyrrole nitrogens is 2. The van der Waals surface area contributed by atoms with Crippen molar-refractivity contribution in [2.75, 3.05) is 16.0 Å². The van der Waals surface area contributed by atoms with E-state index in [0.717, 1.165) is 61.9 Å². The molecule has 9 aromatic rings. The standard InChI is InChI=1S/C20H14N4.3C12H8NS.Zn/c1-2-14-10-16-5-6-18(23-16)12-20-8-7-19(24-20)11-17-4-3-15(22-17)9-13(1)21-14;3*1-3-7-11-9(5-1)13-10-6-2-4-8-12(10)14-11;/h1-12,21-22H;3*1-5,7-8,13H;/q;3*-1;. The van der Waals surface area contributed by atoms with E-state index in [1.165, 1.54) is 46.4 Å². The van der Waals surface area contributed by atoms with Gasteiger partial charge in [-0.1, -0.05) is 68.1 Å². The van der Waals surface area contributed by atoms with Crippen molar-refractivity contribution in [3.05, 3.63) is 217 Å². The van der Waals surface area contributed by atoms with Gasteiger partial charge in [0.1, 0.15) is 0 Å². The molecule has 0 aliphatic carbocycles. The van der Waals surface area contributed by atoms with Gasteiger partial charge >= 0.3 is 0 Å². The Morgan fingerprint density at radius 3 is 1.01 bits per heavy atom. The molecule has 5 aliphatic rings. The molecule has 0 amide bonds. The molecular weight excluding hydrogens is 932 g/mol. The zero-order chi connectivity index (χ0) is 44.1. The van der Waals surface area contributed by atoms with Crippen LogP contribution in [-0.2, 0) is 19.5 Å². The van der Waals surface area contributed by atoms with Gasteiger partial charge in [-0.2, -0.15) is 108 Å². The van der Waals surface area contributed by atoms with Crippen LogP contribution in [0.2, 0.25) is 0 Å². The van der Waals surface area contributed by atoms with Gasteiger partial charge in [0.15, 0.2) is 0 Å². The molecule has 5 N–H and O–H groups in total. The van der Waals surface area contributed by atoms with Gasteiger partial charge in [0.2, 0.25) is 0 Å².